The number of carbonyl (C=O) groups excluding carboxylic acids is 4. The van der Waals surface area contributed by atoms with Gasteiger partial charge in [0.2, 0.25) is 11.8 Å². The predicted octanol–water partition coefficient (Wildman–Crippen LogP) is 5.80. The third-order valence-corrected chi connectivity index (χ3v) is 9.83. The SMILES string of the molecule is CCC(C)[C@H](C)NC(=O)[C@@H](Cc1ccc(C(F)(F)F)cc1)NC(=O)[C@@H](CCCCNC(=O)OC(C)(C)CN1CCCC1C(=O)O)NC(=O)OCc1ccccc1. The highest BCUT2D eigenvalue weighted by atomic mass is 19.4. The van der Waals surface area contributed by atoms with E-state index in [1.54, 1.807) is 43.0 Å². The molecule has 2 unspecified atom stereocenters. The Morgan fingerprint density at radius 3 is 2.16 bits per heavy atom. The summed E-state index contributed by atoms with van der Waals surface area (Å²) >= 11 is 0. The molecule has 3 rings (SSSR count). The number of carboxylic acids is 1. The summed E-state index contributed by atoms with van der Waals surface area (Å²) < 4.78 is 50.6. The monoisotopic (exact) mass is 791 g/mol. The topological polar surface area (TPSA) is 175 Å². The number of amides is 4. The van der Waals surface area contributed by atoms with E-state index in [1.165, 1.54) is 12.1 Å². The van der Waals surface area contributed by atoms with Crippen LogP contribution in [0.3, 0.4) is 0 Å². The number of hydrogen-bond donors (Lipinski definition) is 5. The van der Waals surface area contributed by atoms with E-state index in [0.717, 1.165) is 30.5 Å². The van der Waals surface area contributed by atoms with Gasteiger partial charge in [0, 0.05) is 25.6 Å². The van der Waals surface area contributed by atoms with Crippen LogP contribution in [-0.2, 0) is 43.1 Å². The Hall–Kier alpha value is -4.86. The van der Waals surface area contributed by atoms with Crippen LogP contribution in [0.5, 0.6) is 0 Å². The fraction of sp³-hybridized carbons (Fsp3) is 0.575. The Kier molecular flexibility index (Phi) is 17.4. The molecule has 2 aromatic carbocycles. The summed E-state index contributed by atoms with van der Waals surface area (Å²) in [6.07, 6.45) is -3.42. The van der Waals surface area contributed by atoms with Crippen LogP contribution in [-0.4, -0.2) is 89.4 Å². The van der Waals surface area contributed by atoms with Gasteiger partial charge in [0.15, 0.2) is 0 Å². The molecule has 1 heterocycles. The molecule has 1 saturated heterocycles. The molecular weight excluding hydrogens is 735 g/mol. The molecule has 310 valence electrons. The van der Waals surface area contributed by atoms with Crippen molar-refractivity contribution in [2.45, 2.75) is 122 Å². The van der Waals surface area contributed by atoms with E-state index < -0.39 is 65.4 Å². The first-order chi connectivity index (χ1) is 26.4. The molecule has 13 nitrogen and oxygen atoms in total. The minimum atomic E-state index is -4.55. The molecule has 0 radical (unpaired) electrons. The fourth-order valence-corrected chi connectivity index (χ4v) is 6.31. The van der Waals surface area contributed by atoms with Crippen LogP contribution in [0.1, 0.15) is 89.8 Å². The number of hydrogen-bond acceptors (Lipinski definition) is 8. The van der Waals surface area contributed by atoms with E-state index in [4.69, 9.17) is 9.47 Å². The quantitative estimate of drug-likeness (QED) is 0.104. The molecule has 0 aromatic heterocycles. The molecule has 1 aliphatic heterocycles. The Balaban J connectivity index is 1.67. The number of aliphatic carboxylic acids is 1. The van der Waals surface area contributed by atoms with Gasteiger partial charge < -0.3 is 35.8 Å². The minimum absolute atomic E-state index is 0.0649. The van der Waals surface area contributed by atoms with Gasteiger partial charge in [-0.05, 0) is 88.6 Å². The van der Waals surface area contributed by atoms with Crippen LogP contribution < -0.4 is 21.3 Å². The summed E-state index contributed by atoms with van der Waals surface area (Å²) in [5.41, 5.74) is -0.719. The molecule has 56 heavy (non-hydrogen) atoms. The molecule has 5 atom stereocenters. The highest BCUT2D eigenvalue weighted by Gasteiger charge is 2.36. The van der Waals surface area contributed by atoms with Gasteiger partial charge in [-0.2, -0.15) is 13.2 Å². The number of alkyl halides is 3. The summed E-state index contributed by atoms with van der Waals surface area (Å²) in [5, 5.41) is 20.3. The van der Waals surface area contributed by atoms with Crippen molar-refractivity contribution in [3.05, 3.63) is 71.3 Å². The smallest absolute Gasteiger partial charge is 0.416 e. The molecule has 5 N–H and O–H groups in total. The molecule has 0 bridgehead atoms. The number of nitrogens with one attached hydrogen (secondary N) is 4. The number of alkyl carbamates (subject to hydrolysis) is 2. The zero-order valence-corrected chi connectivity index (χ0v) is 32.7. The molecule has 1 aliphatic rings. The first-order valence-corrected chi connectivity index (χ1v) is 19.1. The molecule has 0 spiro atoms. The largest absolute Gasteiger partial charge is 0.480 e. The maximum Gasteiger partial charge on any atom is 0.416 e. The lowest BCUT2D eigenvalue weighted by atomic mass is 9.99. The lowest BCUT2D eigenvalue weighted by Crippen LogP contribution is -2.56. The molecule has 16 heteroatoms. The molecule has 2 aromatic rings. The average molecular weight is 792 g/mol. The lowest BCUT2D eigenvalue weighted by Gasteiger charge is -2.32. The highest BCUT2D eigenvalue weighted by Crippen LogP contribution is 2.29. The van der Waals surface area contributed by atoms with Gasteiger partial charge in [-0.25, -0.2) is 9.59 Å². The number of carboxylic acid groups (broad SMARTS) is 1. The van der Waals surface area contributed by atoms with Gasteiger partial charge in [-0.3, -0.25) is 19.3 Å². The van der Waals surface area contributed by atoms with Crippen molar-refractivity contribution in [2.24, 2.45) is 5.92 Å². The molecular formula is C40H56F3N5O8. The normalized spacial score (nSPS) is 16.8. The summed E-state index contributed by atoms with van der Waals surface area (Å²) in [4.78, 5) is 66.2. The number of likely N-dealkylation sites (tertiary alicyclic amines) is 1. The summed E-state index contributed by atoms with van der Waals surface area (Å²) in [6, 6.07) is 9.96. The predicted molar refractivity (Wildman–Crippen MR) is 202 cm³/mol. The van der Waals surface area contributed by atoms with Gasteiger partial charge in [0.25, 0.3) is 0 Å². The maximum absolute atomic E-state index is 13.8. The Labute approximate surface area is 326 Å². The number of benzene rings is 2. The number of ether oxygens (including phenoxy) is 2. The van der Waals surface area contributed by atoms with E-state index in [9.17, 15) is 42.3 Å². The first-order valence-electron chi connectivity index (χ1n) is 19.1. The van der Waals surface area contributed by atoms with Crippen LogP contribution in [0.2, 0.25) is 0 Å². The standard InChI is InChI=1S/C40H56F3N5O8/c1-6-26(2)27(3)45-35(50)32(23-28-17-19-30(20-18-28)40(41,42)43)46-34(49)31(47-38(54)55-24-29-13-8-7-9-14-29)15-10-11-21-44-37(53)56-39(4,5)25-48-22-12-16-33(48)36(51)52/h7-9,13-14,17-20,26-27,31-33H,6,10-12,15-16,21-25H2,1-5H3,(H,44,53)(H,45,50)(H,46,49)(H,47,54)(H,51,52)/t26?,27-,31+,32+,33?/m0/s1. The van der Waals surface area contributed by atoms with Crippen molar-refractivity contribution in [3.8, 4) is 0 Å². The first kappa shape index (κ1) is 45.5. The summed E-state index contributed by atoms with van der Waals surface area (Å²) in [5.74, 6) is -2.06. The van der Waals surface area contributed by atoms with Crippen molar-refractivity contribution in [3.63, 3.8) is 0 Å². The Morgan fingerprint density at radius 2 is 1.54 bits per heavy atom. The zero-order valence-electron chi connectivity index (χ0n) is 32.7. The van der Waals surface area contributed by atoms with E-state index >= 15 is 0 Å². The summed E-state index contributed by atoms with van der Waals surface area (Å²) in [7, 11) is 0. The number of carbonyl (C=O) groups is 5. The van der Waals surface area contributed by atoms with Gasteiger partial charge in [-0.15, -0.1) is 0 Å². The second-order valence-corrected chi connectivity index (χ2v) is 14.9. The van der Waals surface area contributed by atoms with Gasteiger partial charge >= 0.3 is 24.3 Å². The second-order valence-electron chi connectivity index (χ2n) is 14.9. The average Bonchev–Trinajstić information content (AvgIpc) is 3.60. The molecule has 0 saturated carbocycles. The van der Waals surface area contributed by atoms with Gasteiger partial charge in [0.1, 0.15) is 30.3 Å². The highest BCUT2D eigenvalue weighted by molar-refractivity contribution is 5.91. The van der Waals surface area contributed by atoms with Crippen LogP contribution in [0, 0.1) is 5.92 Å². The third kappa shape index (κ3) is 15.3. The second kappa shape index (κ2) is 21.4. The van der Waals surface area contributed by atoms with E-state index in [0.29, 0.717) is 31.4 Å². The Morgan fingerprint density at radius 1 is 0.875 bits per heavy atom. The van der Waals surface area contributed by atoms with Crippen molar-refractivity contribution in [1.82, 2.24) is 26.2 Å². The van der Waals surface area contributed by atoms with E-state index in [2.05, 4.69) is 21.3 Å². The summed E-state index contributed by atoms with van der Waals surface area (Å²) in [6.45, 7) is 10.1. The van der Waals surface area contributed by atoms with Crippen LogP contribution >= 0.6 is 0 Å². The molecule has 0 aliphatic carbocycles. The van der Waals surface area contributed by atoms with Crippen LogP contribution in [0.25, 0.3) is 0 Å². The van der Waals surface area contributed by atoms with Crippen LogP contribution in [0.15, 0.2) is 54.6 Å². The van der Waals surface area contributed by atoms with Crippen LogP contribution in [0.4, 0.5) is 22.8 Å². The van der Waals surface area contributed by atoms with Crippen molar-refractivity contribution < 1.29 is 51.7 Å². The van der Waals surface area contributed by atoms with E-state index in [-0.39, 0.29) is 44.5 Å². The molecule has 1 fully saturated rings. The number of unbranched alkanes of at least 4 members (excludes halogenated alkanes) is 1. The van der Waals surface area contributed by atoms with Crippen molar-refractivity contribution in [1.29, 1.82) is 0 Å². The maximum atomic E-state index is 13.8. The zero-order chi connectivity index (χ0) is 41.5. The van der Waals surface area contributed by atoms with Gasteiger partial charge in [0.05, 0.1) is 5.56 Å². The lowest BCUT2D eigenvalue weighted by molar-refractivity contribution is -0.143. The van der Waals surface area contributed by atoms with Gasteiger partial charge in [-0.1, -0.05) is 62.7 Å². The number of halogens is 3. The fourth-order valence-electron chi connectivity index (χ4n) is 6.31. The number of rotatable bonds is 20. The van der Waals surface area contributed by atoms with Crippen molar-refractivity contribution in [2.75, 3.05) is 19.6 Å². The Bertz CT molecular complexity index is 1590. The van der Waals surface area contributed by atoms with E-state index in [1.807, 2.05) is 26.8 Å². The minimum Gasteiger partial charge on any atom is -0.480 e. The number of nitrogens with zero attached hydrogens (tertiary/aromatic N) is 1. The molecule has 4 amide bonds. The third-order valence-electron chi connectivity index (χ3n) is 9.83. The van der Waals surface area contributed by atoms with Crippen molar-refractivity contribution >= 4 is 30.0 Å².